The van der Waals surface area contributed by atoms with Crippen LogP contribution in [-0.2, 0) is 14.8 Å². The SMILES string of the molecule is CCN(CC)C(C(=O)N1CCN(S(=O)(=O)c2ccc(OC)cc2)CC1)c1ccccc1. The summed E-state index contributed by atoms with van der Waals surface area (Å²) >= 11 is 0. The third-order valence-corrected chi connectivity index (χ3v) is 7.69. The molecule has 1 aliphatic heterocycles. The summed E-state index contributed by atoms with van der Waals surface area (Å²) < 4.78 is 32.5. The van der Waals surface area contributed by atoms with E-state index in [0.717, 1.165) is 18.7 Å². The molecule has 168 valence electrons. The maximum absolute atomic E-state index is 13.5. The maximum atomic E-state index is 13.5. The number of amides is 1. The number of likely N-dealkylation sites (N-methyl/N-ethyl adjacent to an activating group) is 1. The summed E-state index contributed by atoms with van der Waals surface area (Å²) in [6.45, 7) is 6.91. The molecule has 0 spiro atoms. The molecule has 31 heavy (non-hydrogen) atoms. The van der Waals surface area contributed by atoms with Gasteiger partial charge in [0.1, 0.15) is 11.8 Å². The Hall–Kier alpha value is -2.42. The highest BCUT2D eigenvalue weighted by molar-refractivity contribution is 7.89. The quantitative estimate of drug-likeness (QED) is 0.625. The topological polar surface area (TPSA) is 70.2 Å². The summed E-state index contributed by atoms with van der Waals surface area (Å²) in [6.07, 6.45) is 0. The second kappa shape index (κ2) is 10.3. The molecule has 2 aromatic carbocycles. The molecule has 1 amide bonds. The van der Waals surface area contributed by atoms with Crippen LogP contribution in [-0.4, -0.2) is 74.8 Å². The summed E-state index contributed by atoms with van der Waals surface area (Å²) in [5.41, 5.74) is 0.962. The first-order chi connectivity index (χ1) is 14.9. The number of piperazine rings is 1. The van der Waals surface area contributed by atoms with Gasteiger partial charge in [0.2, 0.25) is 15.9 Å². The van der Waals surface area contributed by atoms with Crippen LogP contribution in [0.1, 0.15) is 25.5 Å². The minimum atomic E-state index is -3.60. The molecule has 1 saturated heterocycles. The van der Waals surface area contributed by atoms with E-state index < -0.39 is 10.0 Å². The number of rotatable bonds is 8. The Morgan fingerprint density at radius 3 is 2.06 bits per heavy atom. The Bertz CT molecular complexity index is 952. The Balaban J connectivity index is 1.73. The molecule has 0 radical (unpaired) electrons. The van der Waals surface area contributed by atoms with Crippen molar-refractivity contribution in [3.63, 3.8) is 0 Å². The van der Waals surface area contributed by atoms with Gasteiger partial charge < -0.3 is 9.64 Å². The lowest BCUT2D eigenvalue weighted by molar-refractivity contribution is -0.138. The second-order valence-electron chi connectivity index (χ2n) is 7.44. The summed E-state index contributed by atoms with van der Waals surface area (Å²) in [6, 6.07) is 15.8. The van der Waals surface area contributed by atoms with E-state index in [1.807, 2.05) is 44.2 Å². The number of benzene rings is 2. The monoisotopic (exact) mass is 445 g/mol. The number of methoxy groups -OCH3 is 1. The largest absolute Gasteiger partial charge is 0.497 e. The van der Waals surface area contributed by atoms with Gasteiger partial charge in [-0.2, -0.15) is 4.31 Å². The molecule has 1 fully saturated rings. The highest BCUT2D eigenvalue weighted by atomic mass is 32.2. The molecule has 3 rings (SSSR count). The molecule has 8 heteroatoms. The first kappa shape index (κ1) is 23.2. The van der Waals surface area contributed by atoms with Crippen molar-refractivity contribution in [2.45, 2.75) is 24.8 Å². The molecule has 1 atom stereocenters. The van der Waals surface area contributed by atoms with Crippen molar-refractivity contribution in [2.24, 2.45) is 0 Å². The van der Waals surface area contributed by atoms with E-state index in [4.69, 9.17) is 4.74 Å². The fourth-order valence-corrected chi connectivity index (χ4v) is 5.37. The van der Waals surface area contributed by atoms with E-state index in [0.29, 0.717) is 18.8 Å². The molecule has 1 unspecified atom stereocenters. The minimum absolute atomic E-state index is 0.0244. The van der Waals surface area contributed by atoms with Crippen molar-refractivity contribution < 1.29 is 17.9 Å². The fraction of sp³-hybridized carbons (Fsp3) is 0.435. The maximum Gasteiger partial charge on any atom is 0.244 e. The molecule has 0 saturated carbocycles. The minimum Gasteiger partial charge on any atom is -0.497 e. The normalized spacial score (nSPS) is 16.3. The molecule has 7 nitrogen and oxygen atoms in total. The molecule has 1 aliphatic rings. The standard InChI is InChI=1S/C23H31N3O4S/c1-4-24(5-2)22(19-9-7-6-8-10-19)23(27)25-15-17-26(18-16-25)31(28,29)21-13-11-20(30-3)12-14-21/h6-14,22H,4-5,15-18H2,1-3H3. The second-order valence-corrected chi connectivity index (χ2v) is 9.38. The molecule has 0 bridgehead atoms. The van der Waals surface area contributed by atoms with Crippen LogP contribution in [0.3, 0.4) is 0 Å². The number of hydrogen-bond donors (Lipinski definition) is 0. The first-order valence-corrected chi connectivity index (χ1v) is 12.1. The van der Waals surface area contributed by atoms with Gasteiger partial charge in [-0.25, -0.2) is 8.42 Å². The zero-order chi connectivity index (χ0) is 22.4. The number of hydrogen-bond acceptors (Lipinski definition) is 5. The first-order valence-electron chi connectivity index (χ1n) is 10.6. The highest BCUT2D eigenvalue weighted by Crippen LogP contribution is 2.25. The van der Waals surface area contributed by atoms with Gasteiger partial charge in [-0.15, -0.1) is 0 Å². The molecule has 0 N–H and O–H groups in total. The predicted molar refractivity (Wildman–Crippen MR) is 120 cm³/mol. The van der Waals surface area contributed by atoms with Crippen LogP contribution in [0.15, 0.2) is 59.5 Å². The molecule has 2 aromatic rings. The Kier molecular flexibility index (Phi) is 7.69. The Morgan fingerprint density at radius 2 is 1.55 bits per heavy atom. The van der Waals surface area contributed by atoms with E-state index in [2.05, 4.69) is 4.90 Å². The van der Waals surface area contributed by atoms with Gasteiger partial charge in [-0.05, 0) is 42.9 Å². The van der Waals surface area contributed by atoms with Crippen LogP contribution in [0.25, 0.3) is 0 Å². The Morgan fingerprint density at radius 1 is 0.968 bits per heavy atom. The molecule has 0 aromatic heterocycles. The summed E-state index contributed by atoms with van der Waals surface area (Å²) in [5, 5.41) is 0. The number of carbonyl (C=O) groups is 1. The van der Waals surface area contributed by atoms with Gasteiger partial charge >= 0.3 is 0 Å². The molecule has 1 heterocycles. The molecular formula is C23H31N3O4S. The lowest BCUT2D eigenvalue weighted by Gasteiger charge is -2.38. The summed E-state index contributed by atoms with van der Waals surface area (Å²) in [4.78, 5) is 17.6. The van der Waals surface area contributed by atoms with E-state index >= 15 is 0 Å². The van der Waals surface area contributed by atoms with Gasteiger partial charge in [-0.3, -0.25) is 9.69 Å². The van der Waals surface area contributed by atoms with E-state index in [1.54, 1.807) is 36.3 Å². The smallest absolute Gasteiger partial charge is 0.244 e. The lowest BCUT2D eigenvalue weighted by Crippen LogP contribution is -2.53. The van der Waals surface area contributed by atoms with E-state index in [1.165, 1.54) is 4.31 Å². The van der Waals surface area contributed by atoms with E-state index in [-0.39, 0.29) is 29.9 Å². The average molecular weight is 446 g/mol. The van der Waals surface area contributed by atoms with Crippen LogP contribution in [0.5, 0.6) is 5.75 Å². The van der Waals surface area contributed by atoms with Crippen molar-refractivity contribution in [1.29, 1.82) is 0 Å². The van der Waals surface area contributed by atoms with Gasteiger partial charge in [0.25, 0.3) is 0 Å². The third kappa shape index (κ3) is 5.08. The Labute approximate surface area is 185 Å². The fourth-order valence-electron chi connectivity index (χ4n) is 3.95. The van der Waals surface area contributed by atoms with E-state index in [9.17, 15) is 13.2 Å². The van der Waals surface area contributed by atoms with Crippen LogP contribution in [0.4, 0.5) is 0 Å². The van der Waals surface area contributed by atoms with Gasteiger partial charge in [0.15, 0.2) is 0 Å². The third-order valence-electron chi connectivity index (χ3n) is 5.77. The molecule has 0 aliphatic carbocycles. The number of nitrogens with zero attached hydrogens (tertiary/aromatic N) is 3. The van der Waals surface area contributed by atoms with Crippen molar-refractivity contribution in [3.8, 4) is 5.75 Å². The van der Waals surface area contributed by atoms with Crippen molar-refractivity contribution >= 4 is 15.9 Å². The molecular weight excluding hydrogens is 414 g/mol. The van der Waals surface area contributed by atoms with Crippen molar-refractivity contribution in [3.05, 3.63) is 60.2 Å². The summed E-state index contributed by atoms with van der Waals surface area (Å²) in [5.74, 6) is 0.633. The van der Waals surface area contributed by atoms with Gasteiger partial charge in [0, 0.05) is 26.2 Å². The summed E-state index contributed by atoms with van der Waals surface area (Å²) in [7, 11) is -2.06. The predicted octanol–water partition coefficient (Wildman–Crippen LogP) is 2.61. The van der Waals surface area contributed by atoms with Crippen molar-refractivity contribution in [1.82, 2.24) is 14.1 Å². The van der Waals surface area contributed by atoms with Gasteiger partial charge in [0.05, 0.1) is 12.0 Å². The van der Waals surface area contributed by atoms with Crippen LogP contribution < -0.4 is 4.74 Å². The number of ether oxygens (including phenoxy) is 1. The van der Waals surface area contributed by atoms with Crippen LogP contribution in [0.2, 0.25) is 0 Å². The van der Waals surface area contributed by atoms with Crippen LogP contribution in [0, 0.1) is 0 Å². The zero-order valence-electron chi connectivity index (χ0n) is 18.4. The van der Waals surface area contributed by atoms with Gasteiger partial charge in [-0.1, -0.05) is 44.2 Å². The number of sulfonamides is 1. The zero-order valence-corrected chi connectivity index (χ0v) is 19.2. The average Bonchev–Trinajstić information content (AvgIpc) is 2.82. The number of carbonyl (C=O) groups excluding carboxylic acids is 1. The van der Waals surface area contributed by atoms with Crippen molar-refractivity contribution in [2.75, 3.05) is 46.4 Å². The van der Waals surface area contributed by atoms with Crippen LogP contribution >= 0.6 is 0 Å². The highest BCUT2D eigenvalue weighted by Gasteiger charge is 2.34. The lowest BCUT2D eigenvalue weighted by atomic mass is 10.0.